The first-order valence-electron chi connectivity index (χ1n) is 4.58. The van der Waals surface area contributed by atoms with E-state index in [0.29, 0.717) is 0 Å². The lowest BCUT2D eigenvalue weighted by atomic mass is 10.4. The Hall–Kier alpha value is -0.620. The van der Waals surface area contributed by atoms with Crippen molar-refractivity contribution in [2.24, 2.45) is 5.73 Å². The Balaban J connectivity index is 3.09. The second-order valence-corrected chi connectivity index (χ2v) is 6.11. The summed E-state index contributed by atoms with van der Waals surface area (Å²) in [6, 6.07) is 3.84. The van der Waals surface area contributed by atoms with Gasteiger partial charge in [0.2, 0.25) is 0 Å². The average molecular weight is 298 g/mol. The minimum absolute atomic E-state index is 0.0579. The molecule has 0 unspecified atom stereocenters. The summed E-state index contributed by atoms with van der Waals surface area (Å²) in [6.07, 6.45) is 1.00. The first-order valence-corrected chi connectivity index (χ1v) is 6.99. The van der Waals surface area contributed by atoms with Crippen LogP contribution in [0.15, 0.2) is 35.0 Å². The van der Waals surface area contributed by atoms with Gasteiger partial charge in [-0.2, -0.15) is 0 Å². The highest BCUT2D eigenvalue weighted by molar-refractivity contribution is 7.91. The van der Waals surface area contributed by atoms with Gasteiger partial charge in [-0.25, -0.2) is 12.8 Å². The fourth-order valence-electron chi connectivity index (χ4n) is 1.16. The van der Waals surface area contributed by atoms with Gasteiger partial charge < -0.3 is 5.73 Å². The Labute approximate surface area is 109 Å². The molecule has 0 aliphatic rings. The van der Waals surface area contributed by atoms with Crippen molar-refractivity contribution in [1.82, 2.24) is 0 Å². The Bertz CT molecular complexity index is 523. The Morgan fingerprint density at radius 2 is 1.82 bits per heavy atom. The van der Waals surface area contributed by atoms with E-state index in [1.807, 2.05) is 0 Å². The van der Waals surface area contributed by atoms with E-state index in [4.69, 9.17) is 28.9 Å². The minimum Gasteiger partial charge on any atom is -0.327 e. The normalized spacial score (nSPS) is 12.8. The van der Waals surface area contributed by atoms with E-state index in [9.17, 15) is 12.8 Å². The maximum atomic E-state index is 13.1. The molecule has 0 fully saturated rings. The van der Waals surface area contributed by atoms with Crippen LogP contribution in [-0.2, 0) is 9.84 Å². The van der Waals surface area contributed by atoms with E-state index in [1.165, 1.54) is 18.2 Å². The molecule has 94 valence electrons. The van der Waals surface area contributed by atoms with Gasteiger partial charge in [-0.05, 0) is 24.3 Å². The molecular weight excluding hydrogens is 288 g/mol. The first kappa shape index (κ1) is 14.4. The van der Waals surface area contributed by atoms with E-state index in [2.05, 4.69) is 0 Å². The van der Waals surface area contributed by atoms with Gasteiger partial charge in [0.15, 0.2) is 9.84 Å². The molecule has 1 rings (SSSR count). The lowest BCUT2D eigenvalue weighted by Gasteiger charge is -2.04. The molecule has 0 bridgehead atoms. The monoisotopic (exact) mass is 297 g/mol. The largest absolute Gasteiger partial charge is 0.327 e. The SMILES string of the molecule is NC/C=C(\F)CS(=O)(=O)c1cc(Cl)cc(Cl)c1. The number of halogens is 3. The van der Waals surface area contributed by atoms with Crippen molar-refractivity contribution in [2.45, 2.75) is 4.90 Å². The molecule has 0 heterocycles. The Kier molecular flexibility index (Phi) is 4.94. The molecule has 0 saturated heterocycles. The first-order chi connectivity index (χ1) is 7.85. The van der Waals surface area contributed by atoms with Gasteiger partial charge in [0.25, 0.3) is 0 Å². The summed E-state index contributed by atoms with van der Waals surface area (Å²) in [7, 11) is -3.79. The van der Waals surface area contributed by atoms with Crippen molar-refractivity contribution in [3.63, 3.8) is 0 Å². The zero-order valence-corrected chi connectivity index (χ0v) is 11.0. The van der Waals surface area contributed by atoms with Crippen molar-refractivity contribution < 1.29 is 12.8 Å². The minimum atomic E-state index is -3.79. The number of benzene rings is 1. The van der Waals surface area contributed by atoms with Crippen molar-refractivity contribution >= 4 is 33.0 Å². The van der Waals surface area contributed by atoms with Crippen LogP contribution in [0.1, 0.15) is 0 Å². The van der Waals surface area contributed by atoms with Crippen LogP contribution >= 0.6 is 23.2 Å². The van der Waals surface area contributed by atoms with E-state index in [0.717, 1.165) is 6.08 Å². The van der Waals surface area contributed by atoms with Crippen LogP contribution in [0.5, 0.6) is 0 Å². The molecular formula is C10H10Cl2FNO2S. The van der Waals surface area contributed by atoms with E-state index in [1.54, 1.807) is 0 Å². The van der Waals surface area contributed by atoms with Crippen molar-refractivity contribution in [1.29, 1.82) is 0 Å². The maximum Gasteiger partial charge on any atom is 0.184 e. The highest BCUT2D eigenvalue weighted by atomic mass is 35.5. The van der Waals surface area contributed by atoms with Crippen LogP contribution < -0.4 is 5.73 Å². The zero-order chi connectivity index (χ0) is 13.1. The van der Waals surface area contributed by atoms with Crippen LogP contribution in [0.25, 0.3) is 0 Å². The van der Waals surface area contributed by atoms with Gasteiger partial charge in [0.05, 0.1) is 4.90 Å². The molecule has 17 heavy (non-hydrogen) atoms. The highest BCUT2D eigenvalue weighted by Gasteiger charge is 2.18. The Morgan fingerprint density at radius 1 is 1.29 bits per heavy atom. The standard InChI is InChI=1S/C10H10Cl2FNO2S/c11-7-3-8(12)5-10(4-7)17(15,16)6-9(13)1-2-14/h1,3-5H,2,6,14H2/b9-1-. The second kappa shape index (κ2) is 5.82. The van der Waals surface area contributed by atoms with E-state index < -0.39 is 21.4 Å². The molecule has 3 nitrogen and oxygen atoms in total. The fourth-order valence-corrected chi connectivity index (χ4v) is 3.08. The molecule has 0 saturated carbocycles. The summed E-state index contributed by atoms with van der Waals surface area (Å²) in [6.45, 7) is -0.0579. The summed E-state index contributed by atoms with van der Waals surface area (Å²) in [5.74, 6) is -1.55. The molecule has 0 spiro atoms. The molecule has 1 aromatic rings. The van der Waals surface area contributed by atoms with E-state index >= 15 is 0 Å². The third-order valence-corrected chi connectivity index (χ3v) is 3.91. The van der Waals surface area contributed by atoms with E-state index in [-0.39, 0.29) is 21.5 Å². The van der Waals surface area contributed by atoms with Gasteiger partial charge in [-0.1, -0.05) is 23.2 Å². The molecule has 7 heteroatoms. The van der Waals surface area contributed by atoms with Gasteiger partial charge >= 0.3 is 0 Å². The molecule has 1 aromatic carbocycles. The average Bonchev–Trinajstić information content (AvgIpc) is 2.15. The van der Waals surface area contributed by atoms with Gasteiger partial charge in [-0.3, -0.25) is 0 Å². The summed E-state index contributed by atoms with van der Waals surface area (Å²) >= 11 is 11.4. The molecule has 0 radical (unpaired) electrons. The predicted molar refractivity (Wildman–Crippen MR) is 66.8 cm³/mol. The quantitative estimate of drug-likeness (QED) is 0.929. The van der Waals surface area contributed by atoms with Crippen molar-refractivity contribution in [2.75, 3.05) is 12.3 Å². The summed E-state index contributed by atoms with van der Waals surface area (Å²) in [5.41, 5.74) is 5.08. The van der Waals surface area contributed by atoms with Gasteiger partial charge in [0, 0.05) is 16.6 Å². The van der Waals surface area contributed by atoms with Crippen LogP contribution in [0.4, 0.5) is 4.39 Å². The van der Waals surface area contributed by atoms with Crippen LogP contribution in [0.2, 0.25) is 10.0 Å². The highest BCUT2D eigenvalue weighted by Crippen LogP contribution is 2.24. The Morgan fingerprint density at radius 3 is 2.29 bits per heavy atom. The third-order valence-electron chi connectivity index (χ3n) is 1.86. The molecule has 0 aliphatic heterocycles. The summed E-state index contributed by atoms with van der Waals surface area (Å²) < 4.78 is 36.7. The van der Waals surface area contributed by atoms with Crippen LogP contribution in [0, 0.1) is 0 Å². The van der Waals surface area contributed by atoms with Crippen LogP contribution in [0.3, 0.4) is 0 Å². The molecule has 0 atom stereocenters. The third kappa shape index (κ3) is 4.27. The predicted octanol–water partition coefficient (Wildman–Crippen LogP) is 2.58. The lowest BCUT2D eigenvalue weighted by Crippen LogP contribution is -2.08. The van der Waals surface area contributed by atoms with Crippen LogP contribution in [-0.4, -0.2) is 20.7 Å². The number of sulfone groups is 1. The fraction of sp³-hybridized carbons (Fsp3) is 0.200. The lowest BCUT2D eigenvalue weighted by molar-refractivity contribution is 0.583. The second-order valence-electron chi connectivity index (χ2n) is 3.25. The topological polar surface area (TPSA) is 60.2 Å². The maximum absolute atomic E-state index is 13.1. The number of hydrogen-bond acceptors (Lipinski definition) is 3. The molecule has 0 aromatic heterocycles. The molecule has 2 N–H and O–H groups in total. The summed E-state index contributed by atoms with van der Waals surface area (Å²) in [4.78, 5) is -0.115. The molecule has 0 amide bonds. The summed E-state index contributed by atoms with van der Waals surface area (Å²) in [5, 5.41) is 0.360. The van der Waals surface area contributed by atoms with Crippen molar-refractivity contribution in [3.05, 3.63) is 40.1 Å². The zero-order valence-electron chi connectivity index (χ0n) is 8.66. The number of rotatable bonds is 4. The smallest absolute Gasteiger partial charge is 0.184 e. The van der Waals surface area contributed by atoms with Crippen molar-refractivity contribution in [3.8, 4) is 0 Å². The number of nitrogens with two attached hydrogens (primary N) is 1. The molecule has 0 aliphatic carbocycles. The van der Waals surface area contributed by atoms with Gasteiger partial charge in [0.1, 0.15) is 11.6 Å². The van der Waals surface area contributed by atoms with Gasteiger partial charge in [-0.15, -0.1) is 0 Å². The number of hydrogen-bond donors (Lipinski definition) is 1.